The Morgan fingerprint density at radius 3 is 2.61 bits per heavy atom. The molecule has 1 fully saturated rings. The summed E-state index contributed by atoms with van der Waals surface area (Å²) in [6.07, 6.45) is 1.77. The van der Waals surface area contributed by atoms with Gasteiger partial charge in [-0.15, -0.1) is 11.8 Å². The molecule has 0 spiro atoms. The van der Waals surface area contributed by atoms with Crippen LogP contribution in [0.4, 0.5) is 5.69 Å². The Hall–Kier alpha value is -1.81. The van der Waals surface area contributed by atoms with Gasteiger partial charge in [-0.25, -0.2) is 0 Å². The van der Waals surface area contributed by atoms with Crippen molar-refractivity contribution in [2.24, 2.45) is 0 Å². The van der Waals surface area contributed by atoms with Gasteiger partial charge >= 0.3 is 0 Å². The summed E-state index contributed by atoms with van der Waals surface area (Å²) in [6.45, 7) is 0. The number of para-hydroxylation sites is 1. The minimum absolute atomic E-state index is 0.0129. The molecule has 0 bridgehead atoms. The fraction of sp³-hybridized carbons (Fsp3) is 0.143. The van der Waals surface area contributed by atoms with E-state index in [-0.39, 0.29) is 11.3 Å². The summed E-state index contributed by atoms with van der Waals surface area (Å²) in [7, 11) is 0. The third-order valence-electron chi connectivity index (χ3n) is 2.84. The maximum atomic E-state index is 12.0. The summed E-state index contributed by atoms with van der Waals surface area (Å²) in [5.41, 5.74) is 1.86. The summed E-state index contributed by atoms with van der Waals surface area (Å²) >= 11 is 1.62. The molecular formula is C14H12N2OS. The van der Waals surface area contributed by atoms with Crippen molar-refractivity contribution in [2.75, 3.05) is 10.7 Å². The van der Waals surface area contributed by atoms with E-state index < -0.39 is 0 Å². The summed E-state index contributed by atoms with van der Waals surface area (Å²) < 4.78 is 0. The lowest BCUT2D eigenvalue weighted by molar-refractivity contribution is -0.115. The molecule has 1 aliphatic heterocycles. The first kappa shape index (κ1) is 11.3. The van der Waals surface area contributed by atoms with E-state index in [0.717, 1.165) is 11.4 Å². The van der Waals surface area contributed by atoms with E-state index in [1.165, 1.54) is 0 Å². The molecule has 90 valence electrons. The zero-order valence-corrected chi connectivity index (χ0v) is 10.5. The SMILES string of the molecule is O=C1CS[C@H](c2ccccn2)N1c1ccccc1. The highest BCUT2D eigenvalue weighted by atomic mass is 32.2. The van der Waals surface area contributed by atoms with E-state index in [0.29, 0.717) is 5.75 Å². The van der Waals surface area contributed by atoms with E-state index in [1.807, 2.05) is 53.4 Å². The average molecular weight is 256 g/mol. The van der Waals surface area contributed by atoms with Crippen LogP contribution >= 0.6 is 11.8 Å². The van der Waals surface area contributed by atoms with E-state index in [9.17, 15) is 4.79 Å². The summed E-state index contributed by atoms with van der Waals surface area (Å²) in [6, 6.07) is 15.6. The van der Waals surface area contributed by atoms with E-state index in [2.05, 4.69) is 4.98 Å². The molecule has 0 N–H and O–H groups in total. The first-order valence-electron chi connectivity index (χ1n) is 5.76. The highest BCUT2D eigenvalue weighted by Crippen LogP contribution is 2.40. The molecule has 0 aliphatic carbocycles. The molecule has 1 saturated heterocycles. The number of benzene rings is 1. The molecule has 2 aromatic rings. The molecular weight excluding hydrogens is 244 g/mol. The molecule has 2 heterocycles. The lowest BCUT2D eigenvalue weighted by Crippen LogP contribution is -2.28. The van der Waals surface area contributed by atoms with Gasteiger partial charge in [-0.05, 0) is 24.3 Å². The van der Waals surface area contributed by atoms with Gasteiger partial charge in [0.2, 0.25) is 5.91 Å². The summed E-state index contributed by atoms with van der Waals surface area (Å²) in [4.78, 5) is 18.2. The van der Waals surface area contributed by atoms with Gasteiger partial charge in [0.25, 0.3) is 0 Å². The fourth-order valence-corrected chi connectivity index (χ4v) is 3.17. The molecule has 3 rings (SSSR count). The molecule has 0 radical (unpaired) electrons. The van der Waals surface area contributed by atoms with Crippen molar-refractivity contribution in [1.29, 1.82) is 0 Å². The van der Waals surface area contributed by atoms with Crippen molar-refractivity contribution in [3.05, 3.63) is 60.4 Å². The van der Waals surface area contributed by atoms with Crippen LogP contribution in [0.15, 0.2) is 54.7 Å². The van der Waals surface area contributed by atoms with Crippen molar-refractivity contribution in [3.63, 3.8) is 0 Å². The second kappa shape index (κ2) is 4.82. The first-order valence-corrected chi connectivity index (χ1v) is 6.81. The molecule has 18 heavy (non-hydrogen) atoms. The molecule has 1 aliphatic rings. The molecule has 0 unspecified atom stereocenters. The fourth-order valence-electron chi connectivity index (χ4n) is 2.03. The smallest absolute Gasteiger partial charge is 0.238 e. The van der Waals surface area contributed by atoms with Crippen molar-refractivity contribution in [1.82, 2.24) is 4.98 Å². The van der Waals surface area contributed by atoms with Crippen LogP contribution in [0.1, 0.15) is 11.1 Å². The minimum Gasteiger partial charge on any atom is -0.293 e. The Kier molecular flexibility index (Phi) is 3.02. The minimum atomic E-state index is -0.0129. The van der Waals surface area contributed by atoms with E-state index in [4.69, 9.17) is 0 Å². The highest BCUT2D eigenvalue weighted by molar-refractivity contribution is 8.00. The number of aromatic nitrogens is 1. The Labute approximate surface area is 110 Å². The Morgan fingerprint density at radius 2 is 1.89 bits per heavy atom. The monoisotopic (exact) mass is 256 g/mol. The second-order valence-electron chi connectivity index (χ2n) is 4.02. The first-order chi connectivity index (χ1) is 8.86. The third kappa shape index (κ3) is 1.99. The number of anilines is 1. The highest BCUT2D eigenvalue weighted by Gasteiger charge is 2.34. The van der Waals surface area contributed by atoms with Crippen LogP contribution in [-0.4, -0.2) is 16.6 Å². The van der Waals surface area contributed by atoms with Crippen LogP contribution < -0.4 is 4.90 Å². The number of hydrogen-bond acceptors (Lipinski definition) is 3. The maximum absolute atomic E-state index is 12.0. The van der Waals surface area contributed by atoms with Crippen molar-refractivity contribution in [2.45, 2.75) is 5.37 Å². The quantitative estimate of drug-likeness (QED) is 0.828. The molecule has 1 atom stereocenters. The van der Waals surface area contributed by atoms with Gasteiger partial charge in [0.1, 0.15) is 5.37 Å². The van der Waals surface area contributed by atoms with Crippen molar-refractivity contribution < 1.29 is 4.79 Å². The number of carbonyl (C=O) groups is 1. The number of nitrogens with zero attached hydrogens (tertiary/aromatic N) is 2. The average Bonchev–Trinajstić information content (AvgIpc) is 2.83. The van der Waals surface area contributed by atoms with Crippen LogP contribution in [-0.2, 0) is 4.79 Å². The Morgan fingerprint density at radius 1 is 1.11 bits per heavy atom. The van der Waals surface area contributed by atoms with Crippen LogP contribution in [0.5, 0.6) is 0 Å². The molecule has 4 heteroatoms. The molecule has 1 aromatic carbocycles. The summed E-state index contributed by atoms with van der Waals surface area (Å²) in [5.74, 6) is 0.651. The third-order valence-corrected chi connectivity index (χ3v) is 4.02. The van der Waals surface area contributed by atoms with Crippen molar-refractivity contribution >= 4 is 23.4 Å². The Bertz CT molecular complexity index is 544. The number of pyridine rings is 1. The van der Waals surface area contributed by atoms with Gasteiger partial charge < -0.3 is 0 Å². The number of amides is 1. The van der Waals surface area contributed by atoms with Crippen molar-refractivity contribution in [3.8, 4) is 0 Å². The van der Waals surface area contributed by atoms with Gasteiger partial charge in [0.05, 0.1) is 11.4 Å². The zero-order chi connectivity index (χ0) is 12.4. The Balaban J connectivity index is 1.98. The lowest BCUT2D eigenvalue weighted by Gasteiger charge is -2.23. The predicted octanol–water partition coefficient (Wildman–Crippen LogP) is 2.86. The standard InChI is InChI=1S/C14H12N2OS/c17-13-10-18-14(12-8-4-5-9-15-12)16(13)11-6-2-1-3-7-11/h1-9,14H,10H2/t14-/m1/s1. The molecule has 3 nitrogen and oxygen atoms in total. The normalized spacial score (nSPS) is 19.2. The number of thioether (sulfide) groups is 1. The van der Waals surface area contributed by atoms with E-state index >= 15 is 0 Å². The molecule has 0 saturated carbocycles. The van der Waals surface area contributed by atoms with E-state index in [1.54, 1.807) is 18.0 Å². The van der Waals surface area contributed by atoms with Gasteiger partial charge in [0, 0.05) is 11.9 Å². The largest absolute Gasteiger partial charge is 0.293 e. The van der Waals surface area contributed by atoms with Gasteiger partial charge in [-0.2, -0.15) is 0 Å². The van der Waals surface area contributed by atoms with Crippen LogP contribution in [0.2, 0.25) is 0 Å². The van der Waals surface area contributed by atoms with Gasteiger partial charge in [-0.3, -0.25) is 14.7 Å². The topological polar surface area (TPSA) is 33.2 Å². The number of carbonyl (C=O) groups excluding carboxylic acids is 1. The second-order valence-corrected chi connectivity index (χ2v) is 5.09. The summed E-state index contributed by atoms with van der Waals surface area (Å²) in [5, 5.41) is -0.0129. The zero-order valence-electron chi connectivity index (χ0n) is 9.69. The maximum Gasteiger partial charge on any atom is 0.238 e. The van der Waals surface area contributed by atoms with Crippen LogP contribution in [0, 0.1) is 0 Å². The number of hydrogen-bond donors (Lipinski definition) is 0. The van der Waals surface area contributed by atoms with Gasteiger partial charge in [0.15, 0.2) is 0 Å². The van der Waals surface area contributed by atoms with Gasteiger partial charge in [-0.1, -0.05) is 24.3 Å². The predicted molar refractivity (Wildman–Crippen MR) is 73.4 cm³/mol. The molecule has 1 amide bonds. The lowest BCUT2D eigenvalue weighted by atomic mass is 10.2. The number of rotatable bonds is 2. The van der Waals surface area contributed by atoms with Crippen LogP contribution in [0.25, 0.3) is 0 Å². The van der Waals surface area contributed by atoms with Crippen LogP contribution in [0.3, 0.4) is 0 Å². The molecule has 1 aromatic heterocycles.